The first kappa shape index (κ1) is 14.4. The number of amides is 1. The van der Waals surface area contributed by atoms with Gasteiger partial charge < -0.3 is 10.1 Å². The number of nitrogens with zero attached hydrogens (tertiary/aromatic N) is 1. The van der Waals surface area contributed by atoms with Crippen LogP contribution >= 0.6 is 11.6 Å². The predicted molar refractivity (Wildman–Crippen MR) is 67.4 cm³/mol. The van der Waals surface area contributed by atoms with Gasteiger partial charge in [-0.1, -0.05) is 25.4 Å². The van der Waals surface area contributed by atoms with Crippen LogP contribution in [-0.4, -0.2) is 30.0 Å². The molecular weight excluding hydrogens is 256 g/mol. The van der Waals surface area contributed by atoms with E-state index in [4.69, 9.17) is 11.6 Å². The van der Waals surface area contributed by atoms with Crippen LogP contribution in [0.15, 0.2) is 18.3 Å². The number of esters is 1. The molecule has 1 amide bonds. The first-order chi connectivity index (χ1) is 8.47. The topological polar surface area (TPSA) is 68.3 Å². The molecule has 0 fully saturated rings. The Bertz CT molecular complexity index is 449. The van der Waals surface area contributed by atoms with E-state index in [-0.39, 0.29) is 16.6 Å². The molecule has 18 heavy (non-hydrogen) atoms. The minimum atomic E-state index is -0.709. The summed E-state index contributed by atoms with van der Waals surface area (Å²) in [6, 6.07) is 2.43. The number of hydrogen-bond acceptors (Lipinski definition) is 4. The normalized spacial score (nSPS) is 12.1. The van der Waals surface area contributed by atoms with Gasteiger partial charge in [-0.3, -0.25) is 4.79 Å². The van der Waals surface area contributed by atoms with E-state index in [0.29, 0.717) is 0 Å². The van der Waals surface area contributed by atoms with Crippen molar-refractivity contribution in [2.45, 2.75) is 19.9 Å². The second-order valence-corrected chi connectivity index (χ2v) is 4.42. The van der Waals surface area contributed by atoms with Gasteiger partial charge in [0.15, 0.2) is 0 Å². The zero-order valence-electron chi connectivity index (χ0n) is 10.4. The van der Waals surface area contributed by atoms with Gasteiger partial charge in [0.25, 0.3) is 5.91 Å². The minimum Gasteiger partial charge on any atom is -0.467 e. The monoisotopic (exact) mass is 270 g/mol. The summed E-state index contributed by atoms with van der Waals surface area (Å²) in [7, 11) is 1.28. The molecule has 0 saturated carbocycles. The molecule has 0 aliphatic rings. The third-order valence-electron chi connectivity index (χ3n) is 2.41. The molecule has 0 radical (unpaired) electrons. The van der Waals surface area contributed by atoms with Gasteiger partial charge in [-0.25, -0.2) is 9.78 Å². The molecule has 1 N–H and O–H groups in total. The third kappa shape index (κ3) is 3.43. The molecule has 1 heterocycles. The van der Waals surface area contributed by atoms with E-state index in [1.165, 1.54) is 13.3 Å². The molecular formula is C12H15ClN2O3. The smallest absolute Gasteiger partial charge is 0.328 e. The van der Waals surface area contributed by atoms with Crippen LogP contribution in [0.3, 0.4) is 0 Å². The van der Waals surface area contributed by atoms with Crippen molar-refractivity contribution in [2.24, 2.45) is 5.92 Å². The molecule has 0 unspecified atom stereocenters. The molecule has 6 heteroatoms. The average molecular weight is 271 g/mol. The number of methoxy groups -OCH3 is 1. The van der Waals surface area contributed by atoms with E-state index < -0.39 is 17.9 Å². The molecule has 1 aromatic rings. The van der Waals surface area contributed by atoms with Gasteiger partial charge in [0.05, 0.1) is 12.7 Å². The molecule has 0 saturated heterocycles. The SMILES string of the molecule is COC(=O)[C@H](NC(=O)c1cccnc1Cl)C(C)C. The van der Waals surface area contributed by atoms with Gasteiger partial charge >= 0.3 is 5.97 Å². The first-order valence-electron chi connectivity index (χ1n) is 5.46. The Morgan fingerprint density at radius 3 is 2.61 bits per heavy atom. The van der Waals surface area contributed by atoms with Crippen molar-refractivity contribution in [1.82, 2.24) is 10.3 Å². The highest BCUT2D eigenvalue weighted by atomic mass is 35.5. The summed E-state index contributed by atoms with van der Waals surface area (Å²) < 4.78 is 4.64. The maximum Gasteiger partial charge on any atom is 0.328 e. The quantitative estimate of drug-likeness (QED) is 0.667. The molecule has 0 bridgehead atoms. The second kappa shape index (κ2) is 6.35. The molecule has 1 rings (SSSR count). The van der Waals surface area contributed by atoms with Crippen LogP contribution in [0.5, 0.6) is 0 Å². The van der Waals surface area contributed by atoms with Crippen LogP contribution < -0.4 is 5.32 Å². The summed E-state index contributed by atoms with van der Waals surface area (Å²) in [4.78, 5) is 27.3. The Kier molecular flexibility index (Phi) is 5.09. The highest BCUT2D eigenvalue weighted by molar-refractivity contribution is 6.32. The number of rotatable bonds is 4. The van der Waals surface area contributed by atoms with E-state index in [1.54, 1.807) is 12.1 Å². The van der Waals surface area contributed by atoms with Gasteiger partial charge in [-0.2, -0.15) is 0 Å². The van der Waals surface area contributed by atoms with Crippen LogP contribution in [0, 0.1) is 5.92 Å². The van der Waals surface area contributed by atoms with E-state index >= 15 is 0 Å². The number of pyridine rings is 1. The van der Waals surface area contributed by atoms with Crippen molar-refractivity contribution >= 4 is 23.5 Å². The van der Waals surface area contributed by atoms with Crippen molar-refractivity contribution in [3.63, 3.8) is 0 Å². The number of carbonyl (C=O) groups excluding carboxylic acids is 2. The molecule has 0 aliphatic heterocycles. The van der Waals surface area contributed by atoms with E-state index in [9.17, 15) is 9.59 Å². The molecule has 98 valence electrons. The standard InChI is InChI=1S/C12H15ClN2O3/c1-7(2)9(12(17)18-3)15-11(16)8-5-4-6-14-10(8)13/h4-7,9H,1-3H3,(H,15,16)/t9-/m1/s1. The zero-order valence-corrected chi connectivity index (χ0v) is 11.2. The molecule has 0 spiro atoms. The Morgan fingerprint density at radius 2 is 2.11 bits per heavy atom. The minimum absolute atomic E-state index is 0.0863. The van der Waals surface area contributed by atoms with Crippen molar-refractivity contribution in [2.75, 3.05) is 7.11 Å². The summed E-state index contributed by atoms with van der Waals surface area (Å²) in [5.74, 6) is -1.02. The summed E-state index contributed by atoms with van der Waals surface area (Å²) in [5.41, 5.74) is 0.230. The van der Waals surface area contributed by atoms with Crippen molar-refractivity contribution in [3.05, 3.63) is 29.0 Å². The van der Waals surface area contributed by atoms with Crippen molar-refractivity contribution in [3.8, 4) is 0 Å². The van der Waals surface area contributed by atoms with Crippen LogP contribution in [0.1, 0.15) is 24.2 Å². The maximum absolute atomic E-state index is 12.0. The summed E-state index contributed by atoms with van der Waals surface area (Å²) in [6.07, 6.45) is 1.49. The van der Waals surface area contributed by atoms with Gasteiger partial charge in [-0.05, 0) is 18.1 Å². The Balaban J connectivity index is 2.86. The van der Waals surface area contributed by atoms with Crippen LogP contribution in [-0.2, 0) is 9.53 Å². The highest BCUT2D eigenvalue weighted by Crippen LogP contribution is 2.12. The third-order valence-corrected chi connectivity index (χ3v) is 2.71. The number of hydrogen-bond donors (Lipinski definition) is 1. The Labute approximate surface area is 110 Å². The fourth-order valence-corrected chi connectivity index (χ4v) is 1.60. The second-order valence-electron chi connectivity index (χ2n) is 4.06. The predicted octanol–water partition coefficient (Wildman–Crippen LogP) is 1.66. The van der Waals surface area contributed by atoms with Gasteiger partial charge in [0, 0.05) is 6.20 Å². The largest absolute Gasteiger partial charge is 0.467 e. The fourth-order valence-electron chi connectivity index (χ4n) is 1.40. The lowest BCUT2D eigenvalue weighted by Crippen LogP contribution is -2.45. The number of carbonyl (C=O) groups is 2. The lowest BCUT2D eigenvalue weighted by Gasteiger charge is -2.19. The number of halogens is 1. The fraction of sp³-hybridized carbons (Fsp3) is 0.417. The van der Waals surface area contributed by atoms with Crippen LogP contribution in [0.25, 0.3) is 0 Å². The van der Waals surface area contributed by atoms with Crippen molar-refractivity contribution < 1.29 is 14.3 Å². The molecule has 0 aliphatic carbocycles. The summed E-state index contributed by atoms with van der Waals surface area (Å²) >= 11 is 5.81. The van der Waals surface area contributed by atoms with Gasteiger partial charge in [0.2, 0.25) is 0 Å². The van der Waals surface area contributed by atoms with E-state index in [1.807, 2.05) is 13.8 Å². The number of aromatic nitrogens is 1. The van der Waals surface area contributed by atoms with Gasteiger partial charge in [0.1, 0.15) is 11.2 Å². The average Bonchev–Trinajstić information content (AvgIpc) is 2.35. The lowest BCUT2D eigenvalue weighted by molar-refractivity contribution is -0.144. The van der Waals surface area contributed by atoms with E-state index in [2.05, 4.69) is 15.0 Å². The van der Waals surface area contributed by atoms with Crippen LogP contribution in [0.4, 0.5) is 0 Å². The maximum atomic E-state index is 12.0. The number of nitrogens with one attached hydrogen (secondary N) is 1. The lowest BCUT2D eigenvalue weighted by atomic mass is 10.0. The summed E-state index contributed by atoms with van der Waals surface area (Å²) in [6.45, 7) is 3.62. The Morgan fingerprint density at radius 1 is 1.44 bits per heavy atom. The zero-order chi connectivity index (χ0) is 13.7. The van der Waals surface area contributed by atoms with Crippen molar-refractivity contribution in [1.29, 1.82) is 0 Å². The number of ether oxygens (including phenoxy) is 1. The molecule has 1 atom stereocenters. The first-order valence-corrected chi connectivity index (χ1v) is 5.84. The van der Waals surface area contributed by atoms with E-state index in [0.717, 1.165) is 0 Å². The van der Waals surface area contributed by atoms with Gasteiger partial charge in [-0.15, -0.1) is 0 Å². The van der Waals surface area contributed by atoms with Crippen LogP contribution in [0.2, 0.25) is 5.15 Å². The highest BCUT2D eigenvalue weighted by Gasteiger charge is 2.26. The summed E-state index contributed by atoms with van der Waals surface area (Å²) in [5, 5.41) is 2.69. The molecule has 0 aromatic carbocycles. The molecule has 1 aromatic heterocycles. The molecule has 5 nitrogen and oxygen atoms in total. The Hall–Kier alpha value is -1.62.